The molecule has 5 rings (SSSR count). The molecule has 1 fully saturated rings. The number of nitrogens with zero attached hydrogens (tertiary/aromatic N) is 3. The van der Waals surface area contributed by atoms with Crippen molar-refractivity contribution in [2.24, 2.45) is 4.99 Å². The van der Waals surface area contributed by atoms with E-state index in [0.29, 0.717) is 28.1 Å². The van der Waals surface area contributed by atoms with Gasteiger partial charge in [-0.25, -0.2) is 14.5 Å². The molecule has 11 heteroatoms. The number of hydrogen-bond donors (Lipinski definition) is 2. The third kappa shape index (κ3) is 9.28. The fourth-order valence-electron chi connectivity index (χ4n) is 5.60. The van der Waals surface area contributed by atoms with Gasteiger partial charge < -0.3 is 25.3 Å². The fraction of sp³-hybridized carbons (Fsp3) is 0.237. The molecule has 10 nitrogen and oxygen atoms in total. The van der Waals surface area contributed by atoms with E-state index in [1.54, 1.807) is 78.9 Å². The first-order valence-corrected chi connectivity index (χ1v) is 15.7. The van der Waals surface area contributed by atoms with Gasteiger partial charge in [-0.2, -0.15) is 0 Å². The average Bonchev–Trinajstić information content (AvgIpc) is 3.49. The van der Waals surface area contributed by atoms with Crippen LogP contribution in [0, 0.1) is 0 Å². The average molecular weight is 704 g/mol. The number of amides is 3. The summed E-state index contributed by atoms with van der Waals surface area (Å²) in [7, 11) is 0. The number of carboxylic acids is 1. The summed E-state index contributed by atoms with van der Waals surface area (Å²) in [6.07, 6.45) is -1.12. The van der Waals surface area contributed by atoms with E-state index >= 15 is 0 Å². The van der Waals surface area contributed by atoms with Gasteiger partial charge >= 0.3 is 12.1 Å². The summed E-state index contributed by atoms with van der Waals surface area (Å²) in [6, 6.07) is 31.8. The number of aliphatic carboxylic acids is 1. The smallest absolute Gasteiger partial charge is 0.417 e. The number of nitrogens with one attached hydrogen (secondary N) is 1. The van der Waals surface area contributed by atoms with Gasteiger partial charge in [0.15, 0.2) is 6.04 Å². The second kappa shape index (κ2) is 17.3. The van der Waals surface area contributed by atoms with Crippen LogP contribution in [0.15, 0.2) is 120 Å². The summed E-state index contributed by atoms with van der Waals surface area (Å²) in [5, 5.41) is 18.1. The van der Waals surface area contributed by atoms with E-state index in [1.807, 2.05) is 50.2 Å². The zero-order valence-corrected chi connectivity index (χ0v) is 28.0. The number of imide groups is 1. The molecular weight excluding hydrogens is 667 g/mol. The molecule has 1 heterocycles. The monoisotopic (exact) mass is 703 g/mol. The summed E-state index contributed by atoms with van der Waals surface area (Å²) >= 11 is 0. The van der Waals surface area contributed by atoms with Crippen LogP contribution in [0.25, 0.3) is 5.32 Å². The van der Waals surface area contributed by atoms with Crippen molar-refractivity contribution in [3.05, 3.63) is 143 Å². The molecule has 0 saturated carbocycles. The van der Waals surface area contributed by atoms with E-state index in [0.717, 1.165) is 10.5 Å². The molecule has 1 aliphatic rings. The molecule has 2 N–H and O–H groups in total. The van der Waals surface area contributed by atoms with Crippen molar-refractivity contribution in [2.75, 3.05) is 13.2 Å². The van der Waals surface area contributed by atoms with Gasteiger partial charge in [0.05, 0.1) is 11.6 Å². The van der Waals surface area contributed by atoms with E-state index < -0.39 is 41.9 Å². The Bertz CT molecular complexity index is 1770. The minimum atomic E-state index is -1.47. The van der Waals surface area contributed by atoms with Crippen LogP contribution in [0.5, 0.6) is 0 Å². The van der Waals surface area contributed by atoms with Crippen LogP contribution in [0.3, 0.4) is 0 Å². The first-order valence-electron chi connectivity index (χ1n) is 15.7. The van der Waals surface area contributed by atoms with E-state index in [-0.39, 0.29) is 42.1 Å². The summed E-state index contributed by atoms with van der Waals surface area (Å²) in [6.45, 7) is 3.88. The third-order valence-corrected chi connectivity index (χ3v) is 7.96. The number of rotatable bonds is 13. The van der Waals surface area contributed by atoms with Gasteiger partial charge in [-0.05, 0) is 16.7 Å². The predicted octanol–water partition coefficient (Wildman–Crippen LogP) is 6.40. The molecule has 1 aliphatic heterocycles. The van der Waals surface area contributed by atoms with Crippen molar-refractivity contribution in [1.82, 2.24) is 10.2 Å². The second-order valence-electron chi connectivity index (χ2n) is 11.7. The molecule has 0 radical (unpaired) electrons. The molecule has 4 aromatic rings. The maximum Gasteiger partial charge on any atom is 0.417 e. The SMILES string of the molecule is CC(C)NCC(=O)[N-]c1ccccc1C(=N[C@@H](C(=O)O)[C@@H](CC(=O)N1C(=O)OC[C@H]1c1ccccc1)c1ccccc1)c1ccccc1.[Ni]. The molecule has 49 heavy (non-hydrogen) atoms. The van der Waals surface area contributed by atoms with Gasteiger partial charge in [0.1, 0.15) is 12.6 Å². The second-order valence-corrected chi connectivity index (χ2v) is 11.7. The number of benzene rings is 4. The normalized spacial score (nSPS) is 15.6. The zero-order chi connectivity index (χ0) is 34.0. The number of ether oxygens (including phenoxy) is 1. The molecule has 0 spiro atoms. The van der Waals surface area contributed by atoms with Gasteiger partial charge in [0, 0.05) is 47.0 Å². The Labute approximate surface area is 295 Å². The van der Waals surface area contributed by atoms with Gasteiger partial charge in [0.2, 0.25) is 5.91 Å². The third-order valence-electron chi connectivity index (χ3n) is 7.96. The number of aliphatic imine (C=N–C) groups is 1. The van der Waals surface area contributed by atoms with Crippen molar-refractivity contribution in [3.63, 3.8) is 0 Å². The molecule has 256 valence electrons. The molecule has 0 aliphatic carbocycles. The number of cyclic esters (lactones) is 1. The minimum absolute atomic E-state index is 0. The standard InChI is InChI=1S/C38H38N4O6.Ni/c1-25(2)39-23-33(43)40-31-21-13-12-20-29(31)35(28-18-10-5-11-19-28)41-36(37(45)46)30(26-14-6-3-7-15-26)22-34(44)42-32(24-48-38(42)47)27-16-8-4-9-17-27;/h3-21,25,30,32,36,39H,22-24H2,1-2H3,(H2,40,41,43,45,46);/p-1/t30-,32-,36+;/m0./s1. The number of carbonyl (C=O) groups is 4. The Hall–Kier alpha value is -5.12. The van der Waals surface area contributed by atoms with Gasteiger partial charge in [-0.3, -0.25) is 9.79 Å². The number of carbonyl (C=O) groups excluding carboxylic acids is 3. The Balaban J connectivity index is 0.00000541. The van der Waals surface area contributed by atoms with E-state index in [1.165, 1.54) is 0 Å². The number of hydrogen-bond acceptors (Lipinski definition) is 7. The van der Waals surface area contributed by atoms with Crippen LogP contribution in [-0.2, 0) is 35.6 Å². The molecule has 3 amide bonds. The van der Waals surface area contributed by atoms with E-state index in [9.17, 15) is 24.3 Å². The molecular formula is C38H37N4NiO6-. The predicted molar refractivity (Wildman–Crippen MR) is 182 cm³/mol. The van der Waals surface area contributed by atoms with Gasteiger partial charge in [-0.15, -0.1) is 5.69 Å². The maximum absolute atomic E-state index is 14.0. The molecule has 0 unspecified atom stereocenters. The van der Waals surface area contributed by atoms with Gasteiger partial charge in [-0.1, -0.05) is 129 Å². The van der Waals surface area contributed by atoms with Gasteiger partial charge in [0.25, 0.3) is 0 Å². The topological polar surface area (TPSA) is 139 Å². The molecule has 1 saturated heterocycles. The Morgan fingerprint density at radius 1 is 0.898 bits per heavy atom. The van der Waals surface area contributed by atoms with Crippen molar-refractivity contribution in [2.45, 2.75) is 44.3 Å². The molecule has 0 aromatic heterocycles. The summed E-state index contributed by atoms with van der Waals surface area (Å²) < 4.78 is 5.28. The molecule has 4 aromatic carbocycles. The van der Waals surface area contributed by atoms with Crippen molar-refractivity contribution in [1.29, 1.82) is 0 Å². The van der Waals surface area contributed by atoms with Crippen LogP contribution in [0.2, 0.25) is 0 Å². The zero-order valence-electron chi connectivity index (χ0n) is 27.0. The Morgan fingerprint density at radius 3 is 2.12 bits per heavy atom. The largest absolute Gasteiger partial charge is 0.625 e. The summed E-state index contributed by atoms with van der Waals surface area (Å²) in [5.74, 6) is -3.21. The minimum Gasteiger partial charge on any atom is -0.625 e. The number of para-hydroxylation sites is 1. The van der Waals surface area contributed by atoms with Crippen LogP contribution in [0.1, 0.15) is 54.5 Å². The van der Waals surface area contributed by atoms with Crippen LogP contribution >= 0.6 is 0 Å². The fourth-order valence-corrected chi connectivity index (χ4v) is 5.60. The van der Waals surface area contributed by atoms with Crippen molar-refractivity contribution in [3.8, 4) is 0 Å². The van der Waals surface area contributed by atoms with E-state index in [4.69, 9.17) is 9.73 Å². The maximum atomic E-state index is 14.0. The first-order chi connectivity index (χ1) is 23.2. The quantitative estimate of drug-likeness (QED) is 0.121. The van der Waals surface area contributed by atoms with E-state index in [2.05, 4.69) is 10.6 Å². The molecule has 3 atom stereocenters. The first kappa shape index (κ1) is 36.7. The van der Waals surface area contributed by atoms with Crippen LogP contribution < -0.4 is 5.32 Å². The Kier molecular flexibility index (Phi) is 13.0. The van der Waals surface area contributed by atoms with Crippen molar-refractivity contribution < 1.29 is 45.5 Å². The summed E-state index contributed by atoms with van der Waals surface area (Å²) in [5.41, 5.74) is 2.97. The Morgan fingerprint density at radius 2 is 1.49 bits per heavy atom. The summed E-state index contributed by atoms with van der Waals surface area (Å²) in [4.78, 5) is 58.8. The van der Waals surface area contributed by atoms with Crippen molar-refractivity contribution >= 4 is 35.3 Å². The van der Waals surface area contributed by atoms with Crippen LogP contribution in [-0.4, -0.2) is 64.8 Å². The van der Waals surface area contributed by atoms with Crippen LogP contribution in [0.4, 0.5) is 10.5 Å². The number of carboxylic acid groups (broad SMARTS) is 1. The molecule has 0 bridgehead atoms.